The second-order valence-corrected chi connectivity index (χ2v) is 8.67. The van der Waals surface area contributed by atoms with Gasteiger partial charge in [-0.3, -0.25) is 9.59 Å². The molecule has 0 N–H and O–H groups in total. The molecular formula is C32H28O4. The number of hydrogen-bond acceptors (Lipinski definition) is 4. The molecule has 0 heterocycles. The number of esters is 1. The van der Waals surface area contributed by atoms with Gasteiger partial charge >= 0.3 is 5.97 Å². The Labute approximate surface area is 211 Å². The fraction of sp³-hybridized carbons (Fsp3) is 0.156. The van der Waals surface area contributed by atoms with Crippen LogP contribution in [-0.2, 0) is 4.74 Å². The number of ketones is 2. The molecule has 0 fully saturated rings. The molecule has 0 amide bonds. The molecule has 4 nitrogen and oxygen atoms in total. The lowest BCUT2D eigenvalue weighted by Crippen LogP contribution is -2.27. The van der Waals surface area contributed by atoms with E-state index in [1.54, 1.807) is 55.5 Å². The predicted octanol–water partition coefficient (Wildman–Crippen LogP) is 6.80. The molecule has 4 heteroatoms. The van der Waals surface area contributed by atoms with Crippen LogP contribution in [0.1, 0.15) is 66.5 Å². The molecule has 4 aromatic carbocycles. The summed E-state index contributed by atoms with van der Waals surface area (Å²) in [5.74, 6) is -2.27. The lowest BCUT2D eigenvalue weighted by molar-refractivity contribution is 0.0526. The molecule has 4 aromatic rings. The number of aryl methyl sites for hydroxylation is 1. The van der Waals surface area contributed by atoms with Crippen LogP contribution in [0.5, 0.6) is 0 Å². The maximum absolute atomic E-state index is 14.0. The molecule has 0 aromatic heterocycles. The van der Waals surface area contributed by atoms with E-state index < -0.39 is 17.8 Å². The van der Waals surface area contributed by atoms with Crippen LogP contribution in [0.4, 0.5) is 0 Å². The van der Waals surface area contributed by atoms with E-state index in [-0.39, 0.29) is 18.2 Å². The lowest BCUT2D eigenvalue weighted by atomic mass is 9.73. The largest absolute Gasteiger partial charge is 0.462 e. The van der Waals surface area contributed by atoms with Crippen LogP contribution in [0.25, 0.3) is 0 Å². The van der Waals surface area contributed by atoms with Crippen LogP contribution < -0.4 is 0 Å². The maximum atomic E-state index is 14.0. The minimum atomic E-state index is -0.793. The fourth-order valence-electron chi connectivity index (χ4n) is 4.37. The minimum Gasteiger partial charge on any atom is -0.462 e. The maximum Gasteiger partial charge on any atom is 0.338 e. The summed E-state index contributed by atoms with van der Waals surface area (Å²) in [4.78, 5) is 40.3. The third-order valence-electron chi connectivity index (χ3n) is 6.23. The minimum absolute atomic E-state index is 0.136. The molecule has 0 saturated heterocycles. The molecular weight excluding hydrogens is 448 g/mol. The molecule has 2 atom stereocenters. The number of benzene rings is 4. The zero-order chi connectivity index (χ0) is 25.5. The van der Waals surface area contributed by atoms with Gasteiger partial charge in [0.25, 0.3) is 0 Å². The van der Waals surface area contributed by atoms with Crippen molar-refractivity contribution in [2.24, 2.45) is 0 Å². The highest BCUT2D eigenvalue weighted by atomic mass is 16.5. The van der Waals surface area contributed by atoms with Crippen molar-refractivity contribution in [3.63, 3.8) is 0 Å². The summed E-state index contributed by atoms with van der Waals surface area (Å²) in [5.41, 5.74) is 3.94. The fourth-order valence-corrected chi connectivity index (χ4v) is 4.37. The molecule has 36 heavy (non-hydrogen) atoms. The molecule has 0 aliphatic heterocycles. The van der Waals surface area contributed by atoms with Crippen LogP contribution >= 0.6 is 0 Å². The van der Waals surface area contributed by atoms with E-state index >= 15 is 0 Å². The van der Waals surface area contributed by atoms with E-state index in [0.29, 0.717) is 22.3 Å². The van der Waals surface area contributed by atoms with Gasteiger partial charge in [-0.2, -0.15) is 0 Å². The van der Waals surface area contributed by atoms with Crippen LogP contribution in [0, 0.1) is 6.92 Å². The number of carbonyl (C=O) groups is 3. The monoisotopic (exact) mass is 476 g/mol. The molecule has 0 radical (unpaired) electrons. The molecule has 4 rings (SSSR count). The molecule has 0 saturated carbocycles. The van der Waals surface area contributed by atoms with Gasteiger partial charge in [-0.25, -0.2) is 4.79 Å². The number of Topliss-reactive ketones (excluding diaryl/α,β-unsaturated/α-hetero) is 2. The average molecular weight is 477 g/mol. The Morgan fingerprint density at radius 3 is 1.42 bits per heavy atom. The zero-order valence-electron chi connectivity index (χ0n) is 20.4. The van der Waals surface area contributed by atoms with Gasteiger partial charge in [0.05, 0.1) is 24.0 Å². The summed E-state index contributed by atoms with van der Waals surface area (Å²) < 4.78 is 5.11. The first-order valence-electron chi connectivity index (χ1n) is 12.0. The first-order chi connectivity index (χ1) is 17.5. The topological polar surface area (TPSA) is 60.4 Å². The van der Waals surface area contributed by atoms with E-state index in [9.17, 15) is 14.4 Å². The van der Waals surface area contributed by atoms with Crippen LogP contribution in [-0.4, -0.2) is 24.1 Å². The molecule has 180 valence electrons. The second kappa shape index (κ2) is 11.4. The van der Waals surface area contributed by atoms with Gasteiger partial charge in [0, 0.05) is 11.1 Å². The summed E-state index contributed by atoms with van der Waals surface area (Å²) in [6.45, 7) is 4.01. The second-order valence-electron chi connectivity index (χ2n) is 8.67. The Bertz CT molecular complexity index is 1320. The SMILES string of the molecule is CCOC(=O)c1ccc(C(C(=O)c2ccccc2)C(C(=O)c2ccccc2)c2ccc(C)cc2)cc1. The van der Waals surface area contributed by atoms with Gasteiger partial charge in [0.2, 0.25) is 0 Å². The van der Waals surface area contributed by atoms with Crippen molar-refractivity contribution in [1.82, 2.24) is 0 Å². The van der Waals surface area contributed by atoms with Crippen LogP contribution in [0.3, 0.4) is 0 Å². The average Bonchev–Trinajstić information content (AvgIpc) is 2.93. The summed E-state index contributed by atoms with van der Waals surface area (Å²) in [6, 6.07) is 32.6. The van der Waals surface area contributed by atoms with Gasteiger partial charge in [0.1, 0.15) is 0 Å². The number of rotatable bonds is 9. The highest BCUT2D eigenvalue weighted by Crippen LogP contribution is 2.38. The summed E-state index contributed by atoms with van der Waals surface area (Å²) in [6.07, 6.45) is 0. The van der Waals surface area contributed by atoms with Gasteiger partial charge in [0.15, 0.2) is 11.6 Å². The van der Waals surface area contributed by atoms with Crippen molar-refractivity contribution in [1.29, 1.82) is 0 Å². The van der Waals surface area contributed by atoms with Crippen molar-refractivity contribution in [3.8, 4) is 0 Å². The van der Waals surface area contributed by atoms with Gasteiger partial charge < -0.3 is 4.74 Å². The van der Waals surface area contributed by atoms with Crippen molar-refractivity contribution in [2.45, 2.75) is 25.7 Å². The van der Waals surface area contributed by atoms with Crippen molar-refractivity contribution in [2.75, 3.05) is 6.61 Å². The van der Waals surface area contributed by atoms with Gasteiger partial charge in [-0.15, -0.1) is 0 Å². The highest BCUT2D eigenvalue weighted by molar-refractivity contribution is 6.09. The summed E-state index contributed by atoms with van der Waals surface area (Å²) in [7, 11) is 0. The van der Waals surface area contributed by atoms with E-state index in [4.69, 9.17) is 4.74 Å². The Kier molecular flexibility index (Phi) is 7.86. The smallest absolute Gasteiger partial charge is 0.338 e. The normalized spacial score (nSPS) is 12.4. The third-order valence-corrected chi connectivity index (χ3v) is 6.23. The number of carbonyl (C=O) groups excluding carboxylic acids is 3. The van der Waals surface area contributed by atoms with Crippen molar-refractivity contribution >= 4 is 17.5 Å². The first-order valence-corrected chi connectivity index (χ1v) is 12.0. The van der Waals surface area contributed by atoms with E-state index in [2.05, 4.69) is 0 Å². The highest BCUT2D eigenvalue weighted by Gasteiger charge is 2.37. The van der Waals surface area contributed by atoms with E-state index in [1.807, 2.05) is 67.6 Å². The molecule has 0 bridgehead atoms. The third kappa shape index (κ3) is 5.49. The summed E-state index contributed by atoms with van der Waals surface area (Å²) in [5, 5.41) is 0. The number of hydrogen-bond donors (Lipinski definition) is 0. The lowest BCUT2D eigenvalue weighted by Gasteiger charge is -2.27. The summed E-state index contributed by atoms with van der Waals surface area (Å²) >= 11 is 0. The molecule has 0 aliphatic carbocycles. The Morgan fingerprint density at radius 1 is 0.583 bits per heavy atom. The Morgan fingerprint density at radius 2 is 1.00 bits per heavy atom. The van der Waals surface area contributed by atoms with Crippen LogP contribution in [0.15, 0.2) is 109 Å². The van der Waals surface area contributed by atoms with E-state index in [0.717, 1.165) is 11.1 Å². The quantitative estimate of drug-likeness (QED) is 0.197. The van der Waals surface area contributed by atoms with E-state index in [1.165, 1.54) is 0 Å². The number of ether oxygens (including phenoxy) is 1. The zero-order valence-corrected chi connectivity index (χ0v) is 20.4. The molecule has 0 aliphatic rings. The van der Waals surface area contributed by atoms with Crippen molar-refractivity contribution < 1.29 is 19.1 Å². The first kappa shape index (κ1) is 24.8. The predicted molar refractivity (Wildman–Crippen MR) is 141 cm³/mol. The standard InChI is InChI=1S/C32H28O4/c1-3-36-32(35)27-20-18-24(19-21-27)29(31(34)26-12-8-5-9-13-26)28(23-16-14-22(2)15-17-23)30(33)25-10-6-4-7-11-25/h4-21,28-29H,3H2,1-2H3. The molecule has 2 unspecified atom stereocenters. The van der Waals surface area contributed by atoms with Gasteiger partial charge in [-0.1, -0.05) is 103 Å². The Balaban J connectivity index is 1.87. The Hall–Kier alpha value is -4.31. The molecule has 0 spiro atoms. The van der Waals surface area contributed by atoms with Crippen molar-refractivity contribution in [3.05, 3.63) is 143 Å². The van der Waals surface area contributed by atoms with Crippen LogP contribution in [0.2, 0.25) is 0 Å². The van der Waals surface area contributed by atoms with Gasteiger partial charge in [-0.05, 0) is 37.1 Å².